The first-order chi connectivity index (χ1) is 15.4. The fraction of sp³-hybridized carbons (Fsp3) is 0.125. The molecule has 2 amide bonds. The average molecular weight is 497 g/mol. The largest absolute Gasteiger partial charge is 0.493 e. The summed E-state index contributed by atoms with van der Waals surface area (Å²) in [6.07, 6.45) is -1.19. The highest BCUT2D eigenvalue weighted by Crippen LogP contribution is 2.23. The van der Waals surface area contributed by atoms with Crippen molar-refractivity contribution in [2.45, 2.75) is 12.5 Å². The van der Waals surface area contributed by atoms with Gasteiger partial charge in [-0.1, -0.05) is 46.3 Å². The Morgan fingerprint density at radius 1 is 0.906 bits per heavy atom. The second-order valence-electron chi connectivity index (χ2n) is 6.76. The highest BCUT2D eigenvalue weighted by molar-refractivity contribution is 9.10. The first-order valence-corrected chi connectivity index (χ1v) is 10.5. The van der Waals surface area contributed by atoms with Crippen molar-refractivity contribution < 1.29 is 23.9 Å². The second-order valence-corrected chi connectivity index (χ2v) is 7.68. The number of nitrogens with two attached hydrogens (primary N) is 1. The Hall–Kier alpha value is -3.65. The van der Waals surface area contributed by atoms with Gasteiger partial charge in [-0.05, 0) is 48.5 Å². The van der Waals surface area contributed by atoms with Crippen LogP contribution in [0.4, 0.5) is 5.69 Å². The number of anilines is 1. The van der Waals surface area contributed by atoms with Crippen molar-refractivity contribution in [2.75, 3.05) is 11.9 Å². The molecule has 0 aliphatic rings. The number of hydrogen-bond donors (Lipinski definition) is 2. The molecule has 3 N–H and O–H groups in total. The molecule has 0 spiro atoms. The molecule has 0 radical (unpaired) electrons. The van der Waals surface area contributed by atoms with Gasteiger partial charge in [0, 0.05) is 21.3 Å². The van der Waals surface area contributed by atoms with Crippen molar-refractivity contribution in [2.24, 2.45) is 5.73 Å². The van der Waals surface area contributed by atoms with Crippen molar-refractivity contribution >= 4 is 39.4 Å². The molecule has 0 aliphatic carbocycles. The van der Waals surface area contributed by atoms with E-state index in [4.69, 9.17) is 15.2 Å². The summed E-state index contributed by atoms with van der Waals surface area (Å²) in [6, 6.07) is 22.1. The second kappa shape index (κ2) is 11.1. The van der Waals surface area contributed by atoms with E-state index in [1.165, 1.54) is 12.1 Å². The molecule has 1 atom stereocenters. The third-order valence-electron chi connectivity index (χ3n) is 4.42. The fourth-order valence-electron chi connectivity index (χ4n) is 2.80. The molecule has 7 nitrogen and oxygen atoms in total. The number of rotatable bonds is 9. The van der Waals surface area contributed by atoms with E-state index in [0.717, 1.165) is 4.47 Å². The fourth-order valence-corrected chi connectivity index (χ4v) is 3.06. The normalized spacial score (nSPS) is 11.3. The van der Waals surface area contributed by atoms with Crippen LogP contribution < -0.4 is 15.8 Å². The summed E-state index contributed by atoms with van der Waals surface area (Å²) < 4.78 is 11.8. The molecule has 0 bridgehead atoms. The Morgan fingerprint density at radius 3 is 2.19 bits per heavy atom. The van der Waals surface area contributed by atoms with Gasteiger partial charge in [-0.2, -0.15) is 0 Å². The molecular weight excluding hydrogens is 476 g/mol. The van der Waals surface area contributed by atoms with E-state index >= 15 is 0 Å². The van der Waals surface area contributed by atoms with E-state index in [2.05, 4.69) is 21.2 Å². The number of carbonyl (C=O) groups is 3. The van der Waals surface area contributed by atoms with Crippen molar-refractivity contribution in [3.63, 3.8) is 0 Å². The summed E-state index contributed by atoms with van der Waals surface area (Å²) in [6.45, 7) is 0.117. The van der Waals surface area contributed by atoms with Crippen LogP contribution in [0.3, 0.4) is 0 Å². The predicted molar refractivity (Wildman–Crippen MR) is 123 cm³/mol. The molecule has 0 aromatic heterocycles. The maximum atomic E-state index is 12.9. The van der Waals surface area contributed by atoms with Gasteiger partial charge in [0.1, 0.15) is 5.75 Å². The average Bonchev–Trinajstić information content (AvgIpc) is 2.79. The molecule has 3 aromatic rings. The lowest BCUT2D eigenvalue weighted by Crippen LogP contribution is -2.26. The first kappa shape index (κ1) is 23.0. The maximum Gasteiger partial charge on any atom is 0.310 e. The molecule has 0 saturated heterocycles. The van der Waals surface area contributed by atoms with Gasteiger partial charge in [-0.15, -0.1) is 0 Å². The Kier molecular flexibility index (Phi) is 7.99. The molecule has 0 heterocycles. The number of esters is 1. The number of amides is 2. The van der Waals surface area contributed by atoms with Crippen LogP contribution >= 0.6 is 15.9 Å². The van der Waals surface area contributed by atoms with Crippen LogP contribution in [0.25, 0.3) is 0 Å². The molecule has 3 aromatic carbocycles. The minimum Gasteiger partial charge on any atom is -0.493 e. The minimum atomic E-state index is -1.16. The number of para-hydroxylation sites is 1. The van der Waals surface area contributed by atoms with Crippen LogP contribution in [-0.2, 0) is 14.3 Å². The topological polar surface area (TPSA) is 108 Å². The van der Waals surface area contributed by atoms with Crippen molar-refractivity contribution in [3.05, 3.63) is 94.5 Å². The summed E-state index contributed by atoms with van der Waals surface area (Å²) in [4.78, 5) is 36.6. The molecule has 1 unspecified atom stereocenters. The number of primary amides is 1. The Bertz CT molecular complexity index is 1070. The zero-order chi connectivity index (χ0) is 22.9. The third kappa shape index (κ3) is 6.68. The standard InChI is InChI=1S/C24H21BrN2O5/c25-18-10-6-16(7-11-18)22(24(30)27-19-12-8-17(9-13-19)23(26)29)32-21(28)14-15-31-20-4-2-1-3-5-20/h1-13,22H,14-15H2,(H2,26,29)(H,27,30). The number of halogens is 1. The molecule has 0 aliphatic heterocycles. The molecule has 0 fully saturated rings. The molecule has 0 saturated carbocycles. The van der Waals surface area contributed by atoms with Gasteiger partial charge >= 0.3 is 5.97 Å². The third-order valence-corrected chi connectivity index (χ3v) is 4.94. The van der Waals surface area contributed by atoms with Crippen LogP contribution in [0.15, 0.2) is 83.3 Å². The Morgan fingerprint density at radius 2 is 1.56 bits per heavy atom. The summed E-state index contributed by atoms with van der Waals surface area (Å²) in [5, 5.41) is 2.70. The molecular formula is C24H21BrN2O5. The monoisotopic (exact) mass is 496 g/mol. The maximum absolute atomic E-state index is 12.9. The zero-order valence-corrected chi connectivity index (χ0v) is 18.6. The van der Waals surface area contributed by atoms with Crippen LogP contribution in [-0.4, -0.2) is 24.4 Å². The quantitative estimate of drug-likeness (QED) is 0.430. The highest BCUT2D eigenvalue weighted by atomic mass is 79.9. The van der Waals surface area contributed by atoms with Gasteiger partial charge in [0.25, 0.3) is 5.91 Å². The van der Waals surface area contributed by atoms with Crippen LogP contribution in [0, 0.1) is 0 Å². The predicted octanol–water partition coefficient (Wildman–Crippen LogP) is 4.24. The number of carbonyl (C=O) groups excluding carboxylic acids is 3. The Labute approximate surface area is 193 Å². The SMILES string of the molecule is NC(=O)c1ccc(NC(=O)C(OC(=O)CCOc2ccccc2)c2ccc(Br)cc2)cc1. The van der Waals surface area contributed by atoms with Crippen molar-refractivity contribution in [1.29, 1.82) is 0 Å². The van der Waals surface area contributed by atoms with Crippen LogP contribution in [0.5, 0.6) is 5.75 Å². The highest BCUT2D eigenvalue weighted by Gasteiger charge is 2.25. The van der Waals surface area contributed by atoms with Gasteiger partial charge in [-0.3, -0.25) is 14.4 Å². The van der Waals surface area contributed by atoms with E-state index in [9.17, 15) is 14.4 Å². The van der Waals surface area contributed by atoms with E-state index in [-0.39, 0.29) is 13.0 Å². The van der Waals surface area contributed by atoms with Crippen LogP contribution in [0.2, 0.25) is 0 Å². The van der Waals surface area contributed by atoms with E-state index in [0.29, 0.717) is 22.6 Å². The summed E-state index contributed by atoms with van der Waals surface area (Å²) in [5.41, 5.74) is 6.50. The van der Waals surface area contributed by atoms with Crippen LogP contribution in [0.1, 0.15) is 28.4 Å². The summed E-state index contributed by atoms with van der Waals surface area (Å²) in [5.74, 6) is -1.03. The molecule has 32 heavy (non-hydrogen) atoms. The van der Waals surface area contributed by atoms with Gasteiger partial charge < -0.3 is 20.5 Å². The lowest BCUT2D eigenvalue weighted by atomic mass is 10.1. The zero-order valence-electron chi connectivity index (χ0n) is 17.0. The van der Waals surface area contributed by atoms with E-state index in [1.54, 1.807) is 48.5 Å². The Balaban J connectivity index is 1.67. The first-order valence-electron chi connectivity index (χ1n) is 9.76. The lowest BCUT2D eigenvalue weighted by Gasteiger charge is -2.18. The number of hydrogen-bond acceptors (Lipinski definition) is 5. The van der Waals surface area contributed by atoms with Gasteiger partial charge in [0.05, 0.1) is 13.0 Å². The van der Waals surface area contributed by atoms with Gasteiger partial charge in [0.15, 0.2) is 0 Å². The van der Waals surface area contributed by atoms with Gasteiger partial charge in [0.2, 0.25) is 12.0 Å². The van der Waals surface area contributed by atoms with Crippen molar-refractivity contribution in [3.8, 4) is 5.75 Å². The molecule has 3 rings (SSSR count). The number of benzene rings is 3. The van der Waals surface area contributed by atoms with E-state index in [1.807, 2.05) is 18.2 Å². The summed E-state index contributed by atoms with van der Waals surface area (Å²) >= 11 is 3.35. The minimum absolute atomic E-state index is 0.0253. The molecule has 164 valence electrons. The number of ether oxygens (including phenoxy) is 2. The lowest BCUT2D eigenvalue weighted by molar-refractivity contribution is -0.155. The molecule has 8 heteroatoms. The van der Waals surface area contributed by atoms with Gasteiger partial charge in [-0.25, -0.2) is 0 Å². The number of nitrogens with one attached hydrogen (secondary N) is 1. The smallest absolute Gasteiger partial charge is 0.310 e. The van der Waals surface area contributed by atoms with Crippen molar-refractivity contribution in [1.82, 2.24) is 0 Å². The summed E-state index contributed by atoms with van der Waals surface area (Å²) in [7, 11) is 0. The van der Waals surface area contributed by atoms with E-state index < -0.39 is 23.9 Å².